The first kappa shape index (κ1) is 28.9. The summed E-state index contributed by atoms with van der Waals surface area (Å²) in [6.07, 6.45) is 6.79. The predicted octanol–water partition coefficient (Wildman–Crippen LogP) is 2.50. The van der Waals surface area contributed by atoms with Gasteiger partial charge in [-0.15, -0.1) is 0 Å². The third kappa shape index (κ3) is 7.44. The summed E-state index contributed by atoms with van der Waals surface area (Å²) in [5.41, 5.74) is 5.43. The number of aromatic nitrogens is 2. The van der Waals surface area contributed by atoms with Crippen LogP contribution in [0.15, 0.2) is 30.5 Å². The monoisotopic (exact) mass is 522 g/mol. The van der Waals surface area contributed by atoms with Crippen LogP contribution in [0.3, 0.4) is 0 Å². The molecule has 2 aromatic rings. The molecule has 2 unspecified atom stereocenters. The van der Waals surface area contributed by atoms with Crippen molar-refractivity contribution >= 4 is 40.6 Å². The maximum atomic E-state index is 12.8. The Kier molecular flexibility index (Phi) is 9.32. The molecule has 1 fully saturated rings. The Morgan fingerprint density at radius 2 is 1.92 bits per heavy atom. The molecule has 3 N–H and O–H groups in total. The molecule has 38 heavy (non-hydrogen) atoms. The topological polar surface area (TPSA) is 133 Å². The van der Waals surface area contributed by atoms with E-state index < -0.39 is 23.4 Å². The number of carbonyl (C=O) groups excluding carboxylic acids is 4. The van der Waals surface area contributed by atoms with Crippen molar-refractivity contribution in [2.45, 2.75) is 72.4 Å². The number of fused-ring (bicyclic) bond motifs is 1. The van der Waals surface area contributed by atoms with Crippen LogP contribution in [0, 0.1) is 5.41 Å². The Labute approximate surface area is 223 Å². The van der Waals surface area contributed by atoms with Gasteiger partial charge in [0.05, 0.1) is 34.7 Å². The Morgan fingerprint density at radius 3 is 2.61 bits per heavy atom. The fourth-order valence-corrected chi connectivity index (χ4v) is 4.02. The van der Waals surface area contributed by atoms with Crippen molar-refractivity contribution in [3.63, 3.8) is 0 Å². The zero-order valence-electron chi connectivity index (χ0n) is 23.0. The highest BCUT2D eigenvalue weighted by Gasteiger charge is 2.29. The molecule has 10 heteroatoms. The molecule has 1 aliphatic heterocycles. The number of hydrogen-bond donors (Lipinski definition) is 3. The molecule has 0 aliphatic carbocycles. The van der Waals surface area contributed by atoms with Gasteiger partial charge in [0, 0.05) is 12.7 Å². The molecule has 0 radical (unpaired) electrons. The van der Waals surface area contributed by atoms with Crippen LogP contribution in [0.4, 0.5) is 0 Å². The first-order valence-electron chi connectivity index (χ1n) is 13.0. The van der Waals surface area contributed by atoms with Crippen molar-refractivity contribution in [2.75, 3.05) is 13.1 Å². The van der Waals surface area contributed by atoms with Gasteiger partial charge in [-0.3, -0.25) is 29.2 Å². The molecule has 1 aromatic heterocycles. The highest BCUT2D eigenvalue weighted by atomic mass is 16.2. The van der Waals surface area contributed by atoms with Gasteiger partial charge in [0.2, 0.25) is 11.8 Å². The zero-order valence-corrected chi connectivity index (χ0v) is 23.0. The van der Waals surface area contributed by atoms with Gasteiger partial charge in [-0.05, 0) is 64.2 Å². The van der Waals surface area contributed by atoms with E-state index in [9.17, 15) is 19.2 Å². The number of carbonyl (C=O) groups is 4. The van der Waals surface area contributed by atoms with E-state index in [1.54, 1.807) is 33.0 Å². The third-order valence-electron chi connectivity index (χ3n) is 6.55. The molecule has 1 aliphatic rings. The van der Waals surface area contributed by atoms with Crippen LogP contribution in [0.5, 0.6) is 0 Å². The van der Waals surface area contributed by atoms with Crippen LogP contribution < -0.4 is 16.1 Å². The van der Waals surface area contributed by atoms with E-state index in [0.717, 1.165) is 22.3 Å². The van der Waals surface area contributed by atoms with E-state index >= 15 is 0 Å². The summed E-state index contributed by atoms with van der Waals surface area (Å²) in [6, 6.07) is 4.53. The smallest absolute Gasteiger partial charge is 0.258 e. The Bertz CT molecular complexity index is 1240. The maximum absolute atomic E-state index is 12.8. The summed E-state index contributed by atoms with van der Waals surface area (Å²) in [5.74, 6) is -0.902. The molecule has 2 atom stereocenters. The lowest BCUT2D eigenvalue weighted by Crippen LogP contribution is -2.59. The molecule has 0 spiro atoms. The Morgan fingerprint density at radius 1 is 1.18 bits per heavy atom. The third-order valence-corrected chi connectivity index (χ3v) is 6.55. The second-order valence-electron chi connectivity index (χ2n) is 10.6. The number of Topliss-reactive ketones (excluding diaryl/α,β-unsaturated/α-hetero) is 1. The van der Waals surface area contributed by atoms with Gasteiger partial charge in [-0.2, -0.15) is 0 Å². The number of hydrazine groups is 1. The summed E-state index contributed by atoms with van der Waals surface area (Å²) in [7, 11) is 0. The molecule has 3 rings (SSSR count). The van der Waals surface area contributed by atoms with E-state index in [-0.39, 0.29) is 30.1 Å². The predicted molar refractivity (Wildman–Crippen MR) is 146 cm³/mol. The summed E-state index contributed by atoms with van der Waals surface area (Å²) in [5, 5.41) is 6.64. The number of benzene rings is 1. The van der Waals surface area contributed by atoms with E-state index in [2.05, 4.69) is 39.9 Å². The van der Waals surface area contributed by atoms with Gasteiger partial charge in [-0.1, -0.05) is 32.1 Å². The SMILES string of the molecule is CC(=O)C1CCCN(C(=O)C(C)NC(=O)CNC(=O)C(C)(C)/C=C/c2ccc3ncc(C(C)C)nc3c2)N1. The lowest BCUT2D eigenvalue weighted by molar-refractivity contribution is -0.142. The minimum atomic E-state index is -0.887. The molecule has 204 valence electrons. The molecular formula is C28H38N6O4. The van der Waals surface area contributed by atoms with Gasteiger partial charge in [0.25, 0.3) is 5.91 Å². The second kappa shape index (κ2) is 12.3. The largest absolute Gasteiger partial charge is 0.346 e. The average molecular weight is 523 g/mol. The molecular weight excluding hydrogens is 484 g/mol. The van der Waals surface area contributed by atoms with Gasteiger partial charge in [-0.25, -0.2) is 10.4 Å². The minimum Gasteiger partial charge on any atom is -0.346 e. The van der Waals surface area contributed by atoms with Crippen LogP contribution in [-0.4, -0.2) is 63.7 Å². The van der Waals surface area contributed by atoms with E-state index in [0.29, 0.717) is 19.4 Å². The molecule has 0 bridgehead atoms. The van der Waals surface area contributed by atoms with Crippen molar-refractivity contribution in [3.8, 4) is 0 Å². The van der Waals surface area contributed by atoms with Crippen molar-refractivity contribution < 1.29 is 19.2 Å². The van der Waals surface area contributed by atoms with Crippen LogP contribution in [0.2, 0.25) is 0 Å². The molecule has 3 amide bonds. The number of amides is 3. The summed E-state index contributed by atoms with van der Waals surface area (Å²) in [6.45, 7) is 10.9. The highest BCUT2D eigenvalue weighted by Crippen LogP contribution is 2.21. The highest BCUT2D eigenvalue weighted by molar-refractivity contribution is 5.92. The van der Waals surface area contributed by atoms with Gasteiger partial charge in [0.1, 0.15) is 11.8 Å². The summed E-state index contributed by atoms with van der Waals surface area (Å²) in [4.78, 5) is 58.7. The fraction of sp³-hybridized carbons (Fsp3) is 0.500. The number of nitrogens with one attached hydrogen (secondary N) is 3. The van der Waals surface area contributed by atoms with Crippen LogP contribution >= 0.6 is 0 Å². The number of nitrogens with zero attached hydrogens (tertiary/aromatic N) is 3. The zero-order chi connectivity index (χ0) is 28.0. The van der Waals surface area contributed by atoms with Crippen LogP contribution in [0.25, 0.3) is 17.1 Å². The van der Waals surface area contributed by atoms with Gasteiger partial charge in [0.15, 0.2) is 0 Å². The van der Waals surface area contributed by atoms with Gasteiger partial charge >= 0.3 is 0 Å². The first-order valence-corrected chi connectivity index (χ1v) is 13.0. The van der Waals surface area contributed by atoms with E-state index in [4.69, 9.17) is 0 Å². The van der Waals surface area contributed by atoms with Crippen LogP contribution in [-0.2, 0) is 19.2 Å². The normalized spacial score (nSPS) is 17.0. The standard InChI is InChI=1S/C28H38N6O4/c1-17(2)24-15-29-22-10-9-20(14-23(22)32-24)11-12-28(5,6)27(38)30-16-25(36)31-18(3)26(37)34-13-7-8-21(33-34)19(4)35/h9-12,14-15,17-18,21,33H,7-8,13,16H2,1-6H3,(H,30,38)(H,31,36)/b12-11+. The van der Waals surface area contributed by atoms with Crippen LogP contribution in [0.1, 0.15) is 71.6 Å². The lowest BCUT2D eigenvalue weighted by Gasteiger charge is -2.34. The minimum absolute atomic E-state index is 0.0341. The number of ketones is 1. The maximum Gasteiger partial charge on any atom is 0.258 e. The molecule has 2 heterocycles. The molecule has 1 aromatic carbocycles. The molecule has 0 saturated carbocycles. The van der Waals surface area contributed by atoms with Gasteiger partial charge < -0.3 is 10.6 Å². The number of rotatable bonds is 9. The summed E-state index contributed by atoms with van der Waals surface area (Å²) < 4.78 is 0. The lowest BCUT2D eigenvalue weighted by atomic mass is 9.91. The summed E-state index contributed by atoms with van der Waals surface area (Å²) >= 11 is 0. The van der Waals surface area contributed by atoms with E-state index in [1.165, 1.54) is 11.9 Å². The Balaban J connectivity index is 1.53. The Hall–Kier alpha value is -3.66. The number of hydrogen-bond acceptors (Lipinski definition) is 7. The van der Waals surface area contributed by atoms with Crippen molar-refractivity contribution in [1.82, 2.24) is 31.0 Å². The molecule has 1 saturated heterocycles. The second-order valence-corrected chi connectivity index (χ2v) is 10.6. The quantitative estimate of drug-likeness (QED) is 0.461. The first-order chi connectivity index (χ1) is 17.9. The average Bonchev–Trinajstić information content (AvgIpc) is 2.89. The van der Waals surface area contributed by atoms with E-state index in [1.807, 2.05) is 24.3 Å². The van der Waals surface area contributed by atoms with Crippen molar-refractivity contribution in [3.05, 3.63) is 41.7 Å². The van der Waals surface area contributed by atoms with Crippen molar-refractivity contribution in [1.29, 1.82) is 0 Å². The fourth-order valence-electron chi connectivity index (χ4n) is 4.02. The van der Waals surface area contributed by atoms with Crippen molar-refractivity contribution in [2.24, 2.45) is 5.41 Å². The molecule has 10 nitrogen and oxygen atoms in total.